The lowest BCUT2D eigenvalue weighted by Gasteiger charge is -2.33. The van der Waals surface area contributed by atoms with Crippen LogP contribution in [0.5, 0.6) is 0 Å². The molecule has 3 rings (SSSR count). The molecule has 0 spiro atoms. The molecule has 3 atom stereocenters. The molecule has 1 aliphatic heterocycles. The van der Waals surface area contributed by atoms with Gasteiger partial charge < -0.3 is 10.0 Å². The Morgan fingerprint density at radius 2 is 2.10 bits per heavy atom. The molecule has 7 nitrogen and oxygen atoms in total. The molecule has 1 aliphatic carbocycles. The molecule has 1 saturated carbocycles. The molecule has 114 valence electrons. The van der Waals surface area contributed by atoms with Crippen LogP contribution < -0.4 is 0 Å². The number of carboxylic acids is 1. The number of hydrogen-bond donors (Lipinski definition) is 1. The molecule has 2 aliphatic rings. The lowest BCUT2D eigenvalue weighted by molar-refractivity contribution is -0.150. The molecule has 21 heavy (non-hydrogen) atoms. The van der Waals surface area contributed by atoms with Crippen molar-refractivity contribution in [2.24, 2.45) is 5.92 Å². The average molecular weight is 292 g/mol. The first-order chi connectivity index (χ1) is 10.2. The number of likely N-dealkylation sites (tertiary alicyclic amines) is 1. The van der Waals surface area contributed by atoms with E-state index in [2.05, 4.69) is 10.1 Å². The Labute approximate surface area is 123 Å². The molecular weight excluding hydrogens is 272 g/mol. The third kappa shape index (κ3) is 2.77. The highest BCUT2D eigenvalue weighted by Crippen LogP contribution is 2.40. The number of fused-ring (bicyclic) bond motifs is 1. The minimum absolute atomic E-state index is 0.0766. The first-order valence-corrected chi connectivity index (χ1v) is 7.53. The molecule has 1 aromatic rings. The maximum atomic E-state index is 12.5. The van der Waals surface area contributed by atoms with Gasteiger partial charge in [0.25, 0.3) is 0 Å². The highest BCUT2D eigenvalue weighted by atomic mass is 16.4. The quantitative estimate of drug-likeness (QED) is 0.891. The normalized spacial score (nSPS) is 28.4. The van der Waals surface area contributed by atoms with E-state index in [-0.39, 0.29) is 18.4 Å². The van der Waals surface area contributed by atoms with Crippen LogP contribution in [0.2, 0.25) is 0 Å². The topological polar surface area (TPSA) is 88.3 Å². The van der Waals surface area contributed by atoms with Gasteiger partial charge in [0, 0.05) is 12.5 Å². The van der Waals surface area contributed by atoms with E-state index in [1.807, 2.05) is 0 Å². The SMILES string of the molecule is O=C(O)[C@@H]1C[C@H]2CCCC[C@H]2N1C(=O)CCn1cncn1. The summed E-state index contributed by atoms with van der Waals surface area (Å²) in [5.41, 5.74) is 0. The summed E-state index contributed by atoms with van der Waals surface area (Å²) < 4.78 is 1.60. The number of rotatable bonds is 4. The molecule has 0 radical (unpaired) electrons. The van der Waals surface area contributed by atoms with Crippen LogP contribution in [0.4, 0.5) is 0 Å². The van der Waals surface area contributed by atoms with Crippen molar-refractivity contribution in [1.82, 2.24) is 19.7 Å². The van der Waals surface area contributed by atoms with Gasteiger partial charge in [0.2, 0.25) is 5.91 Å². The molecule has 0 unspecified atom stereocenters. The molecule has 2 heterocycles. The predicted octanol–water partition coefficient (Wildman–Crippen LogP) is 0.912. The predicted molar refractivity (Wildman–Crippen MR) is 73.3 cm³/mol. The standard InChI is InChI=1S/C14H20N4O3/c19-13(5-6-17-9-15-8-16-17)18-11-4-2-1-3-10(11)7-12(18)14(20)21/h8-12H,1-7H2,(H,20,21)/t10-,11-,12+/m1/s1. The molecule has 0 aromatic carbocycles. The van der Waals surface area contributed by atoms with Gasteiger partial charge in [-0.2, -0.15) is 5.10 Å². The first-order valence-electron chi connectivity index (χ1n) is 7.53. The smallest absolute Gasteiger partial charge is 0.326 e. The summed E-state index contributed by atoms with van der Waals surface area (Å²) >= 11 is 0. The van der Waals surface area contributed by atoms with Crippen molar-refractivity contribution in [3.63, 3.8) is 0 Å². The number of aryl methyl sites for hydroxylation is 1. The zero-order chi connectivity index (χ0) is 14.8. The van der Waals surface area contributed by atoms with Gasteiger partial charge in [-0.15, -0.1) is 0 Å². The van der Waals surface area contributed by atoms with Crippen LogP contribution in [0.25, 0.3) is 0 Å². The molecule has 1 aromatic heterocycles. The third-order valence-electron chi connectivity index (χ3n) is 4.68. The van der Waals surface area contributed by atoms with Crippen molar-refractivity contribution in [1.29, 1.82) is 0 Å². The maximum Gasteiger partial charge on any atom is 0.326 e. The van der Waals surface area contributed by atoms with Crippen molar-refractivity contribution in [3.8, 4) is 0 Å². The maximum absolute atomic E-state index is 12.5. The zero-order valence-electron chi connectivity index (χ0n) is 11.9. The monoisotopic (exact) mass is 292 g/mol. The van der Waals surface area contributed by atoms with Crippen molar-refractivity contribution < 1.29 is 14.7 Å². The van der Waals surface area contributed by atoms with Crippen molar-refractivity contribution in [3.05, 3.63) is 12.7 Å². The number of carbonyl (C=O) groups excluding carboxylic acids is 1. The van der Waals surface area contributed by atoms with Crippen LogP contribution in [-0.4, -0.2) is 48.7 Å². The van der Waals surface area contributed by atoms with Crippen LogP contribution in [-0.2, 0) is 16.1 Å². The van der Waals surface area contributed by atoms with E-state index in [1.54, 1.807) is 15.9 Å². The number of carboxylic acid groups (broad SMARTS) is 1. The van der Waals surface area contributed by atoms with Crippen LogP contribution >= 0.6 is 0 Å². The number of hydrogen-bond acceptors (Lipinski definition) is 4. The lowest BCUT2D eigenvalue weighted by Crippen LogP contribution is -2.46. The fraction of sp³-hybridized carbons (Fsp3) is 0.714. The van der Waals surface area contributed by atoms with Gasteiger partial charge in [0.15, 0.2) is 0 Å². The second kappa shape index (κ2) is 5.83. The Bertz CT molecular complexity index is 516. The van der Waals surface area contributed by atoms with Gasteiger partial charge in [-0.25, -0.2) is 9.78 Å². The van der Waals surface area contributed by atoms with E-state index in [0.29, 0.717) is 18.9 Å². The second-order valence-electron chi connectivity index (χ2n) is 5.91. The lowest BCUT2D eigenvalue weighted by atomic mass is 9.84. The summed E-state index contributed by atoms with van der Waals surface area (Å²) in [5, 5.41) is 13.4. The number of aromatic nitrogens is 3. The summed E-state index contributed by atoms with van der Waals surface area (Å²) in [6, 6.07) is -0.538. The van der Waals surface area contributed by atoms with Crippen molar-refractivity contribution >= 4 is 11.9 Å². The van der Waals surface area contributed by atoms with E-state index >= 15 is 0 Å². The highest BCUT2D eigenvalue weighted by molar-refractivity contribution is 5.84. The van der Waals surface area contributed by atoms with E-state index < -0.39 is 12.0 Å². The Morgan fingerprint density at radius 3 is 2.81 bits per heavy atom. The number of aliphatic carboxylic acids is 1. The molecule has 0 bridgehead atoms. The van der Waals surface area contributed by atoms with Gasteiger partial charge in [0.05, 0.1) is 6.54 Å². The van der Waals surface area contributed by atoms with Crippen molar-refractivity contribution in [2.45, 2.75) is 57.2 Å². The number of nitrogens with zero attached hydrogens (tertiary/aromatic N) is 4. The zero-order valence-corrected chi connectivity index (χ0v) is 11.9. The molecule has 1 amide bonds. The van der Waals surface area contributed by atoms with Crippen LogP contribution in [0, 0.1) is 5.92 Å². The number of carbonyl (C=O) groups is 2. The highest BCUT2D eigenvalue weighted by Gasteiger charge is 2.47. The van der Waals surface area contributed by atoms with E-state index in [0.717, 1.165) is 25.7 Å². The van der Waals surface area contributed by atoms with Gasteiger partial charge in [-0.3, -0.25) is 9.48 Å². The first kappa shape index (κ1) is 14.0. The third-order valence-corrected chi connectivity index (χ3v) is 4.68. The number of amides is 1. The average Bonchev–Trinajstić information content (AvgIpc) is 3.11. The summed E-state index contributed by atoms with van der Waals surface area (Å²) in [7, 11) is 0. The molecule has 1 saturated heterocycles. The molecule has 2 fully saturated rings. The van der Waals surface area contributed by atoms with Crippen LogP contribution in [0.15, 0.2) is 12.7 Å². The van der Waals surface area contributed by atoms with Gasteiger partial charge >= 0.3 is 5.97 Å². The second-order valence-corrected chi connectivity index (χ2v) is 5.91. The Morgan fingerprint density at radius 1 is 1.29 bits per heavy atom. The van der Waals surface area contributed by atoms with Crippen LogP contribution in [0.3, 0.4) is 0 Å². The van der Waals surface area contributed by atoms with Gasteiger partial charge in [-0.1, -0.05) is 12.8 Å². The summed E-state index contributed by atoms with van der Waals surface area (Å²) in [6.45, 7) is 0.444. The van der Waals surface area contributed by atoms with Gasteiger partial charge in [0.1, 0.15) is 18.7 Å². The summed E-state index contributed by atoms with van der Waals surface area (Å²) in [5.74, 6) is -0.596. The minimum atomic E-state index is -0.876. The molecule has 7 heteroatoms. The fourth-order valence-electron chi connectivity index (χ4n) is 3.73. The molecular formula is C14H20N4O3. The Hall–Kier alpha value is -1.92. The van der Waals surface area contributed by atoms with E-state index in [4.69, 9.17) is 0 Å². The summed E-state index contributed by atoms with van der Waals surface area (Å²) in [6.07, 6.45) is 8.08. The summed E-state index contributed by atoms with van der Waals surface area (Å²) in [4.78, 5) is 29.5. The van der Waals surface area contributed by atoms with E-state index in [9.17, 15) is 14.7 Å². The largest absolute Gasteiger partial charge is 0.480 e. The van der Waals surface area contributed by atoms with Crippen LogP contribution in [0.1, 0.15) is 38.5 Å². The molecule has 1 N–H and O–H groups in total. The Balaban J connectivity index is 1.70. The fourth-order valence-corrected chi connectivity index (χ4v) is 3.73. The van der Waals surface area contributed by atoms with Gasteiger partial charge in [-0.05, 0) is 25.2 Å². The van der Waals surface area contributed by atoms with Crippen molar-refractivity contribution in [2.75, 3.05) is 0 Å². The Kier molecular flexibility index (Phi) is 3.90. The minimum Gasteiger partial charge on any atom is -0.480 e. The van der Waals surface area contributed by atoms with E-state index in [1.165, 1.54) is 6.33 Å².